The molecule has 0 saturated heterocycles. The number of benzene rings is 3. The first-order valence-electron chi connectivity index (χ1n) is 10.8. The monoisotopic (exact) mass is 430 g/mol. The maximum absolute atomic E-state index is 13.2. The van der Waals surface area contributed by atoms with Crippen molar-refractivity contribution in [2.24, 2.45) is 0 Å². The second-order valence-electron chi connectivity index (χ2n) is 7.73. The number of hydrogen-bond donors (Lipinski definition) is 1. The second-order valence-corrected chi connectivity index (χ2v) is 7.73. The van der Waals surface area contributed by atoms with Gasteiger partial charge in [0.1, 0.15) is 11.8 Å². The molecule has 0 heterocycles. The van der Waals surface area contributed by atoms with Crippen LogP contribution in [0, 0.1) is 0 Å². The van der Waals surface area contributed by atoms with Gasteiger partial charge in [0.05, 0.1) is 13.5 Å². The molecular formula is C27H30N2O3. The Bertz CT molecular complexity index is 988. The van der Waals surface area contributed by atoms with Gasteiger partial charge in [-0.05, 0) is 42.2 Å². The van der Waals surface area contributed by atoms with E-state index in [2.05, 4.69) is 5.32 Å². The highest BCUT2D eigenvalue weighted by Gasteiger charge is 2.26. The average Bonchev–Trinajstić information content (AvgIpc) is 2.83. The molecule has 3 aromatic rings. The minimum absolute atomic E-state index is 0.0854. The smallest absolute Gasteiger partial charge is 0.242 e. The summed E-state index contributed by atoms with van der Waals surface area (Å²) in [6, 6.07) is 26.6. The molecule has 0 radical (unpaired) electrons. The number of nitrogens with zero attached hydrogens (tertiary/aromatic N) is 1. The normalized spacial score (nSPS) is 11.4. The molecule has 0 aliphatic rings. The Morgan fingerprint density at radius 1 is 0.844 bits per heavy atom. The van der Waals surface area contributed by atoms with Crippen LogP contribution in [-0.4, -0.2) is 36.4 Å². The van der Waals surface area contributed by atoms with Crippen molar-refractivity contribution >= 4 is 11.8 Å². The lowest BCUT2D eigenvalue weighted by atomic mass is 10.1. The number of carbonyl (C=O) groups is 2. The van der Waals surface area contributed by atoms with Crippen LogP contribution in [0.15, 0.2) is 84.9 Å². The third-order valence-corrected chi connectivity index (χ3v) is 5.43. The van der Waals surface area contributed by atoms with Crippen LogP contribution >= 0.6 is 0 Å². The van der Waals surface area contributed by atoms with Crippen molar-refractivity contribution in [3.8, 4) is 5.75 Å². The summed E-state index contributed by atoms with van der Waals surface area (Å²) in [5.41, 5.74) is 3.03. The van der Waals surface area contributed by atoms with E-state index in [1.807, 2.05) is 84.9 Å². The predicted octanol–water partition coefficient (Wildman–Crippen LogP) is 4.01. The van der Waals surface area contributed by atoms with Crippen molar-refractivity contribution in [1.82, 2.24) is 10.2 Å². The minimum atomic E-state index is -0.593. The van der Waals surface area contributed by atoms with Crippen molar-refractivity contribution in [1.29, 1.82) is 0 Å². The molecule has 3 rings (SSSR count). The summed E-state index contributed by atoms with van der Waals surface area (Å²) < 4.78 is 5.22. The summed E-state index contributed by atoms with van der Waals surface area (Å²) in [7, 11) is 1.62. The van der Waals surface area contributed by atoms with E-state index in [1.165, 1.54) is 0 Å². The molecule has 0 bridgehead atoms. The molecule has 0 aliphatic heterocycles. The van der Waals surface area contributed by atoms with E-state index in [0.717, 1.165) is 28.9 Å². The Morgan fingerprint density at radius 2 is 1.44 bits per heavy atom. The average molecular weight is 431 g/mol. The third kappa shape index (κ3) is 6.71. The summed E-state index contributed by atoms with van der Waals surface area (Å²) >= 11 is 0. The molecule has 0 fully saturated rings. The lowest BCUT2D eigenvalue weighted by Gasteiger charge is -2.29. The zero-order valence-corrected chi connectivity index (χ0v) is 18.7. The van der Waals surface area contributed by atoms with Crippen LogP contribution in [0.4, 0.5) is 0 Å². The van der Waals surface area contributed by atoms with Crippen LogP contribution in [-0.2, 0) is 29.0 Å². The van der Waals surface area contributed by atoms with E-state index in [9.17, 15) is 9.59 Å². The van der Waals surface area contributed by atoms with Crippen molar-refractivity contribution in [3.63, 3.8) is 0 Å². The first-order chi connectivity index (χ1) is 15.6. The molecule has 0 unspecified atom stereocenters. The fraction of sp³-hybridized carbons (Fsp3) is 0.259. The fourth-order valence-corrected chi connectivity index (χ4v) is 3.50. The molecule has 0 aromatic heterocycles. The van der Waals surface area contributed by atoms with E-state index < -0.39 is 6.04 Å². The van der Waals surface area contributed by atoms with Crippen LogP contribution in [0.25, 0.3) is 0 Å². The van der Waals surface area contributed by atoms with E-state index >= 15 is 0 Å². The van der Waals surface area contributed by atoms with Gasteiger partial charge < -0.3 is 15.0 Å². The van der Waals surface area contributed by atoms with Gasteiger partial charge in [0.25, 0.3) is 0 Å². The molecule has 166 valence electrons. The van der Waals surface area contributed by atoms with Crippen LogP contribution in [0.1, 0.15) is 23.6 Å². The standard InChI is InChI=1S/C27H30N2O3/c1-21(27(31)28-18-17-22-9-5-3-6-10-22)29(20-24-13-15-25(32-2)16-14-24)26(30)19-23-11-7-4-8-12-23/h3-16,21H,17-20H2,1-2H3,(H,28,31)/t21-/m0/s1. The molecule has 0 spiro atoms. The number of rotatable bonds is 10. The number of nitrogens with one attached hydrogen (secondary N) is 1. The van der Waals surface area contributed by atoms with Crippen LogP contribution in [0.5, 0.6) is 5.75 Å². The first-order valence-corrected chi connectivity index (χ1v) is 10.8. The van der Waals surface area contributed by atoms with Gasteiger partial charge in [0, 0.05) is 13.1 Å². The first kappa shape index (κ1) is 23.1. The Morgan fingerprint density at radius 3 is 2.03 bits per heavy atom. The molecule has 2 amide bonds. The van der Waals surface area contributed by atoms with Gasteiger partial charge in [-0.25, -0.2) is 0 Å². The SMILES string of the molecule is COc1ccc(CN(C(=O)Cc2ccccc2)[C@@H](C)C(=O)NCCc2ccccc2)cc1. The van der Waals surface area contributed by atoms with Gasteiger partial charge in [-0.3, -0.25) is 9.59 Å². The molecule has 3 aromatic carbocycles. The molecule has 0 aliphatic carbocycles. The van der Waals surface area contributed by atoms with E-state index in [0.29, 0.717) is 13.1 Å². The van der Waals surface area contributed by atoms with Gasteiger partial charge in [-0.15, -0.1) is 0 Å². The molecular weight excluding hydrogens is 400 g/mol. The van der Waals surface area contributed by atoms with Crippen LogP contribution < -0.4 is 10.1 Å². The topological polar surface area (TPSA) is 58.6 Å². The van der Waals surface area contributed by atoms with E-state index in [4.69, 9.17) is 4.74 Å². The summed E-state index contributed by atoms with van der Waals surface area (Å²) in [6.07, 6.45) is 0.994. The van der Waals surface area contributed by atoms with E-state index in [1.54, 1.807) is 18.9 Å². The molecule has 5 heteroatoms. The van der Waals surface area contributed by atoms with Gasteiger partial charge >= 0.3 is 0 Å². The number of carbonyl (C=O) groups excluding carboxylic acids is 2. The van der Waals surface area contributed by atoms with Crippen LogP contribution in [0.2, 0.25) is 0 Å². The number of methoxy groups -OCH3 is 1. The maximum Gasteiger partial charge on any atom is 0.242 e. The minimum Gasteiger partial charge on any atom is -0.497 e. The Hall–Kier alpha value is -3.60. The van der Waals surface area contributed by atoms with Crippen LogP contribution in [0.3, 0.4) is 0 Å². The molecule has 0 saturated carbocycles. The number of amides is 2. The Labute approximate surface area is 190 Å². The summed E-state index contributed by atoms with van der Waals surface area (Å²) in [5, 5.41) is 2.98. The molecule has 1 N–H and O–H groups in total. The summed E-state index contributed by atoms with van der Waals surface area (Å²) in [6.45, 7) is 2.66. The molecule has 1 atom stereocenters. The lowest BCUT2D eigenvalue weighted by Crippen LogP contribution is -2.48. The van der Waals surface area contributed by atoms with Gasteiger partial charge in [0.15, 0.2) is 0 Å². The van der Waals surface area contributed by atoms with Crippen molar-refractivity contribution < 1.29 is 14.3 Å². The number of ether oxygens (including phenoxy) is 1. The molecule has 5 nitrogen and oxygen atoms in total. The molecule has 32 heavy (non-hydrogen) atoms. The van der Waals surface area contributed by atoms with Gasteiger partial charge in [-0.1, -0.05) is 72.8 Å². The summed E-state index contributed by atoms with van der Waals surface area (Å²) in [4.78, 5) is 27.7. The van der Waals surface area contributed by atoms with Gasteiger partial charge in [0.2, 0.25) is 11.8 Å². The second kappa shape index (κ2) is 11.7. The Kier molecular flexibility index (Phi) is 8.44. The van der Waals surface area contributed by atoms with E-state index in [-0.39, 0.29) is 18.2 Å². The largest absolute Gasteiger partial charge is 0.497 e. The fourth-order valence-electron chi connectivity index (χ4n) is 3.50. The zero-order chi connectivity index (χ0) is 22.8. The predicted molar refractivity (Wildman–Crippen MR) is 126 cm³/mol. The van der Waals surface area contributed by atoms with Crippen molar-refractivity contribution in [3.05, 3.63) is 102 Å². The van der Waals surface area contributed by atoms with Crippen molar-refractivity contribution in [2.75, 3.05) is 13.7 Å². The highest BCUT2D eigenvalue weighted by molar-refractivity contribution is 5.88. The van der Waals surface area contributed by atoms with Crippen molar-refractivity contribution in [2.45, 2.75) is 32.4 Å². The lowest BCUT2D eigenvalue weighted by molar-refractivity contribution is -0.140. The van der Waals surface area contributed by atoms with Gasteiger partial charge in [-0.2, -0.15) is 0 Å². The highest BCUT2D eigenvalue weighted by Crippen LogP contribution is 2.16. The maximum atomic E-state index is 13.2. The third-order valence-electron chi connectivity index (χ3n) is 5.43. The Balaban J connectivity index is 1.68. The quantitative estimate of drug-likeness (QED) is 0.529. The highest BCUT2D eigenvalue weighted by atomic mass is 16.5. The zero-order valence-electron chi connectivity index (χ0n) is 18.7. The number of hydrogen-bond acceptors (Lipinski definition) is 3. The summed E-state index contributed by atoms with van der Waals surface area (Å²) in [5.74, 6) is 0.510.